The molecule has 0 saturated carbocycles. The van der Waals surface area contributed by atoms with Gasteiger partial charge in [0.2, 0.25) is 15.9 Å². The van der Waals surface area contributed by atoms with Crippen LogP contribution in [0.4, 0.5) is 0 Å². The van der Waals surface area contributed by atoms with Gasteiger partial charge in [0, 0.05) is 19.5 Å². The number of hydrogen-bond donors (Lipinski definition) is 2. The number of rotatable bonds is 8. The van der Waals surface area contributed by atoms with Crippen molar-refractivity contribution in [2.45, 2.75) is 63.3 Å². The summed E-state index contributed by atoms with van der Waals surface area (Å²) in [4.78, 5) is 23.5. The summed E-state index contributed by atoms with van der Waals surface area (Å²) in [5.74, 6) is -1.58. The molecule has 0 aliphatic carbocycles. The molecule has 0 unspecified atom stereocenters. The number of carbonyl (C=O) groups is 2. The number of aliphatic carboxylic acids is 1. The average molecular weight is 411 g/mol. The number of nitrogens with zero attached hydrogens (tertiary/aromatic N) is 1. The second-order valence-corrected chi connectivity index (χ2v) is 9.53. The Labute approximate surface area is 167 Å². The molecule has 28 heavy (non-hydrogen) atoms. The number of sulfonamides is 1. The largest absolute Gasteiger partial charge is 0.480 e. The van der Waals surface area contributed by atoms with Crippen LogP contribution >= 0.6 is 0 Å². The minimum Gasteiger partial charge on any atom is -0.480 e. The first-order valence-corrected chi connectivity index (χ1v) is 11.3. The number of hydrogen-bond acceptors (Lipinski definition) is 4. The lowest BCUT2D eigenvalue weighted by atomic mass is 10.0. The number of carbonyl (C=O) groups excluding carboxylic acids is 1. The van der Waals surface area contributed by atoms with Crippen LogP contribution in [0.5, 0.6) is 0 Å². The lowest BCUT2D eigenvalue weighted by Gasteiger charge is -2.20. The monoisotopic (exact) mass is 410 g/mol. The first kappa shape index (κ1) is 22.4. The second kappa shape index (κ2) is 10.0. The molecule has 0 bridgehead atoms. The van der Waals surface area contributed by atoms with E-state index in [1.165, 1.54) is 0 Å². The summed E-state index contributed by atoms with van der Waals surface area (Å²) in [7, 11) is -3.48. The van der Waals surface area contributed by atoms with Gasteiger partial charge in [-0.1, -0.05) is 38.8 Å². The molecule has 2 N–H and O–H groups in total. The van der Waals surface area contributed by atoms with E-state index in [9.17, 15) is 18.0 Å². The summed E-state index contributed by atoms with van der Waals surface area (Å²) in [6.45, 7) is 4.60. The van der Waals surface area contributed by atoms with Crippen molar-refractivity contribution in [3.63, 3.8) is 0 Å². The highest BCUT2D eigenvalue weighted by Crippen LogP contribution is 2.21. The van der Waals surface area contributed by atoms with E-state index in [2.05, 4.69) is 5.32 Å². The van der Waals surface area contributed by atoms with Crippen LogP contribution in [-0.2, 0) is 26.0 Å². The fourth-order valence-electron chi connectivity index (χ4n) is 3.28. The number of nitrogens with one attached hydrogen (secondary N) is 1. The summed E-state index contributed by atoms with van der Waals surface area (Å²) >= 11 is 0. The SMILES string of the molecule is CC(C)[C@H](NC(=O)CCc1ccc(S(=O)(=O)N2CCCCCC2)cc1)C(=O)O. The number of carboxylic acid groups (broad SMARTS) is 1. The van der Waals surface area contributed by atoms with Crippen molar-refractivity contribution in [1.29, 1.82) is 0 Å². The zero-order valence-corrected chi connectivity index (χ0v) is 17.4. The third-order valence-corrected chi connectivity index (χ3v) is 6.93. The molecule has 8 heteroatoms. The zero-order chi connectivity index (χ0) is 20.7. The van der Waals surface area contributed by atoms with Crippen molar-refractivity contribution in [3.8, 4) is 0 Å². The Bertz CT molecular complexity index is 766. The molecule has 1 fully saturated rings. The quantitative estimate of drug-likeness (QED) is 0.685. The smallest absolute Gasteiger partial charge is 0.326 e. The predicted octanol–water partition coefficient (Wildman–Crippen LogP) is 2.41. The molecular formula is C20H30N2O5S. The lowest BCUT2D eigenvalue weighted by molar-refractivity contribution is -0.143. The highest BCUT2D eigenvalue weighted by atomic mass is 32.2. The molecular weight excluding hydrogens is 380 g/mol. The van der Waals surface area contributed by atoms with E-state index in [-0.39, 0.29) is 23.1 Å². The molecule has 1 saturated heterocycles. The van der Waals surface area contributed by atoms with Gasteiger partial charge in [-0.15, -0.1) is 0 Å². The van der Waals surface area contributed by atoms with Gasteiger partial charge in [0.05, 0.1) is 4.90 Å². The molecule has 0 spiro atoms. The van der Waals surface area contributed by atoms with Crippen molar-refractivity contribution < 1.29 is 23.1 Å². The van der Waals surface area contributed by atoms with Crippen LogP contribution in [-0.4, -0.2) is 48.8 Å². The van der Waals surface area contributed by atoms with E-state index in [0.29, 0.717) is 19.5 Å². The Kier molecular flexibility index (Phi) is 8.00. The van der Waals surface area contributed by atoms with Gasteiger partial charge in [-0.2, -0.15) is 4.31 Å². The van der Waals surface area contributed by atoms with Crippen molar-refractivity contribution in [2.24, 2.45) is 5.92 Å². The van der Waals surface area contributed by atoms with E-state index in [0.717, 1.165) is 31.2 Å². The minimum atomic E-state index is -3.48. The maximum atomic E-state index is 12.8. The fourth-order valence-corrected chi connectivity index (χ4v) is 4.79. The zero-order valence-electron chi connectivity index (χ0n) is 16.6. The lowest BCUT2D eigenvalue weighted by Crippen LogP contribution is -2.44. The van der Waals surface area contributed by atoms with Crippen molar-refractivity contribution in [2.75, 3.05) is 13.1 Å². The molecule has 1 aromatic rings. The summed E-state index contributed by atoms with van der Waals surface area (Å²) in [5, 5.41) is 11.7. The average Bonchev–Trinajstić information content (AvgIpc) is 2.94. The van der Waals surface area contributed by atoms with Crippen LogP contribution in [0, 0.1) is 5.92 Å². The molecule has 1 amide bonds. The number of aryl methyl sites for hydroxylation is 1. The molecule has 1 aliphatic heterocycles. The Morgan fingerprint density at radius 1 is 1.07 bits per heavy atom. The Morgan fingerprint density at radius 3 is 2.14 bits per heavy atom. The van der Waals surface area contributed by atoms with Crippen molar-refractivity contribution in [1.82, 2.24) is 9.62 Å². The summed E-state index contributed by atoms with van der Waals surface area (Å²) in [5.41, 5.74) is 0.835. The minimum absolute atomic E-state index is 0.148. The van der Waals surface area contributed by atoms with Crippen LogP contribution in [0.1, 0.15) is 51.5 Å². The third-order valence-electron chi connectivity index (χ3n) is 5.02. The molecule has 1 atom stereocenters. The highest BCUT2D eigenvalue weighted by Gasteiger charge is 2.25. The molecule has 1 aliphatic rings. The molecule has 2 rings (SSSR count). The molecule has 7 nitrogen and oxygen atoms in total. The van der Waals surface area contributed by atoms with Crippen LogP contribution in [0.2, 0.25) is 0 Å². The van der Waals surface area contributed by atoms with Gasteiger partial charge in [0.1, 0.15) is 6.04 Å². The number of carboxylic acids is 1. The van der Waals surface area contributed by atoms with Gasteiger partial charge in [-0.25, -0.2) is 13.2 Å². The molecule has 1 heterocycles. The van der Waals surface area contributed by atoms with E-state index in [1.807, 2.05) is 0 Å². The van der Waals surface area contributed by atoms with Crippen molar-refractivity contribution in [3.05, 3.63) is 29.8 Å². The van der Waals surface area contributed by atoms with Gasteiger partial charge in [0.25, 0.3) is 0 Å². The third kappa shape index (κ3) is 6.04. The van der Waals surface area contributed by atoms with Gasteiger partial charge >= 0.3 is 5.97 Å². The van der Waals surface area contributed by atoms with E-state index < -0.39 is 22.0 Å². The first-order valence-electron chi connectivity index (χ1n) is 9.83. The van der Waals surface area contributed by atoms with Crippen molar-refractivity contribution >= 4 is 21.9 Å². The predicted molar refractivity (Wildman–Crippen MR) is 106 cm³/mol. The second-order valence-electron chi connectivity index (χ2n) is 7.59. The Hall–Kier alpha value is -1.93. The van der Waals surface area contributed by atoms with Crippen LogP contribution < -0.4 is 5.32 Å². The van der Waals surface area contributed by atoms with E-state index >= 15 is 0 Å². The highest BCUT2D eigenvalue weighted by molar-refractivity contribution is 7.89. The maximum absolute atomic E-state index is 12.8. The number of benzene rings is 1. The standard InChI is InChI=1S/C20H30N2O5S/c1-15(2)19(20(24)25)21-18(23)12-9-16-7-10-17(11-8-16)28(26,27)22-13-5-3-4-6-14-22/h7-8,10-11,15,19H,3-6,9,12-14H2,1-2H3,(H,21,23)(H,24,25)/t19-/m0/s1. The number of amides is 1. The fraction of sp³-hybridized carbons (Fsp3) is 0.600. The molecule has 0 radical (unpaired) electrons. The molecule has 156 valence electrons. The van der Waals surface area contributed by atoms with Crippen LogP contribution in [0.25, 0.3) is 0 Å². The Balaban J connectivity index is 1.95. The summed E-state index contributed by atoms with van der Waals surface area (Å²) in [6.07, 6.45) is 4.47. The van der Waals surface area contributed by atoms with Gasteiger partial charge in [0.15, 0.2) is 0 Å². The normalized spacial score (nSPS) is 17.1. The van der Waals surface area contributed by atoms with Gasteiger partial charge in [-0.3, -0.25) is 4.79 Å². The summed E-state index contributed by atoms with van der Waals surface area (Å²) in [6, 6.07) is 5.70. The molecule has 0 aromatic heterocycles. The van der Waals surface area contributed by atoms with E-state index in [1.54, 1.807) is 42.4 Å². The first-order chi connectivity index (χ1) is 13.2. The topological polar surface area (TPSA) is 104 Å². The van der Waals surface area contributed by atoms with Gasteiger partial charge in [-0.05, 0) is 42.9 Å². The van der Waals surface area contributed by atoms with Gasteiger partial charge < -0.3 is 10.4 Å². The van der Waals surface area contributed by atoms with Crippen LogP contribution in [0.3, 0.4) is 0 Å². The molecule has 1 aromatic carbocycles. The summed E-state index contributed by atoms with van der Waals surface area (Å²) < 4.78 is 27.1. The van der Waals surface area contributed by atoms with Crippen LogP contribution in [0.15, 0.2) is 29.2 Å². The van der Waals surface area contributed by atoms with E-state index in [4.69, 9.17) is 5.11 Å². The maximum Gasteiger partial charge on any atom is 0.326 e. The Morgan fingerprint density at radius 2 is 1.64 bits per heavy atom.